The van der Waals surface area contributed by atoms with Gasteiger partial charge in [-0.1, -0.05) is 24.9 Å². The van der Waals surface area contributed by atoms with Crippen LogP contribution in [-0.2, 0) is 29.3 Å². The molecule has 1 N–H and O–H groups in total. The highest BCUT2D eigenvalue weighted by Gasteiger charge is 2.71. The van der Waals surface area contributed by atoms with E-state index in [1.54, 1.807) is 7.11 Å². The standard InChI is InChI=1S/C25H32ClFN2O6/c1-5-14-12-29-7-6-24-20-18(32-3)11-17(26)21(27)22(20)28-25(24,35-9-8-34-24)19(29)10-15(14)16(13-31-2)23(30)33-4/h11,13-15,19,28H,5-10,12H2,1-4H3/b16-13+/t14-,15+,19+,24+,25+/m1/s1. The quantitative estimate of drug-likeness (QED) is 0.365. The maximum absolute atomic E-state index is 15.4. The number of piperidine rings is 2. The number of esters is 1. The molecule has 0 spiro atoms. The molecule has 0 aliphatic carbocycles. The van der Waals surface area contributed by atoms with Crippen LogP contribution in [0.25, 0.3) is 0 Å². The van der Waals surface area contributed by atoms with Gasteiger partial charge in [-0.3, -0.25) is 4.90 Å². The fourth-order valence-electron chi connectivity index (χ4n) is 6.77. The minimum absolute atomic E-state index is 0.0308. The molecular formula is C25H32ClFN2O6. The Morgan fingerprint density at radius 2 is 2.11 bits per heavy atom. The second-order valence-electron chi connectivity index (χ2n) is 9.58. The molecule has 10 heteroatoms. The summed E-state index contributed by atoms with van der Waals surface area (Å²) in [6.07, 6.45) is 3.54. The Morgan fingerprint density at radius 1 is 1.34 bits per heavy atom. The van der Waals surface area contributed by atoms with Crippen LogP contribution < -0.4 is 10.1 Å². The van der Waals surface area contributed by atoms with Gasteiger partial charge in [0, 0.05) is 19.2 Å². The molecule has 0 amide bonds. The zero-order valence-corrected chi connectivity index (χ0v) is 21.2. The zero-order valence-electron chi connectivity index (χ0n) is 20.5. The Morgan fingerprint density at radius 3 is 2.80 bits per heavy atom. The third-order valence-corrected chi connectivity index (χ3v) is 8.52. The van der Waals surface area contributed by atoms with Gasteiger partial charge in [-0.05, 0) is 24.7 Å². The summed E-state index contributed by atoms with van der Waals surface area (Å²) >= 11 is 6.23. The first-order valence-electron chi connectivity index (χ1n) is 12.0. The highest BCUT2D eigenvalue weighted by Crippen LogP contribution is 2.62. The van der Waals surface area contributed by atoms with Crippen LogP contribution in [0.1, 0.15) is 31.7 Å². The van der Waals surface area contributed by atoms with Gasteiger partial charge in [0.25, 0.3) is 0 Å². The maximum Gasteiger partial charge on any atom is 0.337 e. The highest BCUT2D eigenvalue weighted by molar-refractivity contribution is 6.31. The lowest BCUT2D eigenvalue weighted by Crippen LogP contribution is -2.75. The van der Waals surface area contributed by atoms with Crippen LogP contribution in [0.4, 0.5) is 10.1 Å². The molecule has 5 atom stereocenters. The first-order chi connectivity index (χ1) is 16.9. The minimum atomic E-state index is -1.07. The van der Waals surface area contributed by atoms with Gasteiger partial charge in [-0.25, -0.2) is 9.18 Å². The normalized spacial score (nSPS) is 34.1. The molecule has 192 valence electrons. The molecule has 0 aromatic heterocycles. The second-order valence-corrected chi connectivity index (χ2v) is 9.99. The molecule has 1 aromatic carbocycles. The summed E-state index contributed by atoms with van der Waals surface area (Å²) in [6, 6.07) is 1.28. The predicted octanol–water partition coefficient (Wildman–Crippen LogP) is 3.68. The number of fused-ring (bicyclic) bond motifs is 2. The van der Waals surface area contributed by atoms with Crippen molar-refractivity contribution in [2.75, 3.05) is 52.9 Å². The number of hydrogen-bond acceptors (Lipinski definition) is 8. The van der Waals surface area contributed by atoms with Gasteiger partial charge in [-0.2, -0.15) is 0 Å². The van der Waals surface area contributed by atoms with Crippen molar-refractivity contribution in [3.05, 3.63) is 34.3 Å². The van der Waals surface area contributed by atoms with Crippen LogP contribution in [0, 0.1) is 17.7 Å². The molecule has 4 heterocycles. The minimum Gasteiger partial charge on any atom is -0.504 e. The van der Waals surface area contributed by atoms with Gasteiger partial charge in [-0.15, -0.1) is 0 Å². The lowest BCUT2D eigenvalue weighted by Gasteiger charge is -2.61. The van der Waals surface area contributed by atoms with Crippen molar-refractivity contribution in [3.8, 4) is 5.75 Å². The molecule has 0 unspecified atom stereocenters. The lowest BCUT2D eigenvalue weighted by molar-refractivity contribution is -0.297. The topological polar surface area (TPSA) is 78.5 Å². The number of anilines is 1. The fraction of sp³-hybridized carbons (Fsp3) is 0.640. The number of methoxy groups -OCH3 is 3. The van der Waals surface area contributed by atoms with Crippen LogP contribution in [0.5, 0.6) is 5.75 Å². The van der Waals surface area contributed by atoms with Gasteiger partial charge < -0.3 is 29.0 Å². The summed E-state index contributed by atoms with van der Waals surface area (Å²) in [5, 5.41) is 3.37. The Hall–Kier alpha value is -2.07. The van der Waals surface area contributed by atoms with E-state index in [2.05, 4.69) is 17.1 Å². The van der Waals surface area contributed by atoms with E-state index in [9.17, 15) is 4.79 Å². The highest BCUT2D eigenvalue weighted by atomic mass is 35.5. The van der Waals surface area contributed by atoms with Gasteiger partial charge in [0.15, 0.2) is 11.5 Å². The monoisotopic (exact) mass is 510 g/mol. The van der Waals surface area contributed by atoms with E-state index in [4.69, 9.17) is 35.3 Å². The Bertz CT molecular complexity index is 1050. The van der Waals surface area contributed by atoms with Crippen molar-refractivity contribution >= 4 is 23.3 Å². The van der Waals surface area contributed by atoms with Crippen LogP contribution in [-0.4, -0.2) is 70.3 Å². The molecule has 1 aromatic rings. The average Bonchev–Trinajstić information content (AvgIpc) is 3.21. The van der Waals surface area contributed by atoms with Crippen molar-refractivity contribution in [3.63, 3.8) is 0 Å². The van der Waals surface area contributed by atoms with Crippen LogP contribution in [0.2, 0.25) is 5.02 Å². The molecule has 0 bridgehead atoms. The van der Waals surface area contributed by atoms with Gasteiger partial charge >= 0.3 is 5.97 Å². The molecule has 4 aliphatic rings. The zero-order chi connectivity index (χ0) is 25.0. The van der Waals surface area contributed by atoms with E-state index in [1.807, 2.05) is 0 Å². The third-order valence-electron chi connectivity index (χ3n) is 8.25. The number of halogens is 2. The van der Waals surface area contributed by atoms with E-state index in [1.165, 1.54) is 26.5 Å². The SMILES string of the molecule is CC[C@@H]1CN2CC[C@@]34OCCO[C@@]3(Nc3c(F)c(Cl)cc(OC)c34)[C@@H]2C[C@@H]1/C(=C\OC)C(=O)OC. The molecule has 3 fully saturated rings. The smallest absolute Gasteiger partial charge is 0.337 e. The summed E-state index contributed by atoms with van der Waals surface area (Å²) < 4.78 is 44.6. The van der Waals surface area contributed by atoms with Crippen molar-refractivity contribution in [1.82, 2.24) is 4.90 Å². The van der Waals surface area contributed by atoms with Gasteiger partial charge in [0.05, 0.1) is 68.7 Å². The number of hydrogen-bond donors (Lipinski definition) is 1. The number of carbonyl (C=O) groups excluding carboxylic acids is 1. The summed E-state index contributed by atoms with van der Waals surface area (Å²) in [4.78, 5) is 15.1. The van der Waals surface area contributed by atoms with Gasteiger partial charge in [0.2, 0.25) is 0 Å². The Balaban J connectivity index is 1.64. The predicted molar refractivity (Wildman–Crippen MR) is 127 cm³/mol. The van der Waals surface area contributed by atoms with Crippen molar-refractivity contribution < 1.29 is 32.9 Å². The van der Waals surface area contributed by atoms with E-state index in [-0.39, 0.29) is 28.6 Å². The van der Waals surface area contributed by atoms with E-state index in [0.717, 1.165) is 19.5 Å². The number of rotatable bonds is 5. The molecule has 4 aliphatic heterocycles. The molecule has 35 heavy (non-hydrogen) atoms. The van der Waals surface area contributed by atoms with E-state index in [0.29, 0.717) is 42.9 Å². The Labute approximate surface area is 209 Å². The van der Waals surface area contributed by atoms with Crippen molar-refractivity contribution in [2.24, 2.45) is 11.8 Å². The van der Waals surface area contributed by atoms with E-state index >= 15 is 4.39 Å². The summed E-state index contributed by atoms with van der Waals surface area (Å²) in [6.45, 7) is 4.34. The Kier molecular flexibility index (Phi) is 6.40. The maximum atomic E-state index is 15.4. The van der Waals surface area contributed by atoms with Gasteiger partial charge in [0.1, 0.15) is 11.4 Å². The second kappa shape index (κ2) is 9.10. The van der Waals surface area contributed by atoms with Crippen LogP contribution >= 0.6 is 11.6 Å². The molecule has 3 saturated heterocycles. The first-order valence-corrected chi connectivity index (χ1v) is 12.4. The molecular weight excluding hydrogens is 479 g/mol. The van der Waals surface area contributed by atoms with Crippen LogP contribution in [0.3, 0.4) is 0 Å². The number of benzene rings is 1. The number of ether oxygens (including phenoxy) is 5. The molecule has 0 radical (unpaired) electrons. The van der Waals surface area contributed by atoms with E-state index < -0.39 is 23.1 Å². The van der Waals surface area contributed by atoms with Crippen LogP contribution in [0.15, 0.2) is 17.9 Å². The largest absolute Gasteiger partial charge is 0.504 e. The summed E-state index contributed by atoms with van der Waals surface area (Å²) in [5.41, 5.74) is -0.675. The first kappa shape index (κ1) is 24.6. The average molecular weight is 511 g/mol. The molecule has 0 saturated carbocycles. The number of nitrogens with zero attached hydrogens (tertiary/aromatic N) is 1. The van der Waals surface area contributed by atoms with Crippen molar-refractivity contribution in [1.29, 1.82) is 0 Å². The lowest BCUT2D eigenvalue weighted by atomic mass is 9.67. The molecule has 5 rings (SSSR count). The molecule has 8 nitrogen and oxygen atoms in total. The number of nitrogens with one attached hydrogen (secondary N) is 1. The third kappa shape index (κ3) is 3.38. The fourth-order valence-corrected chi connectivity index (χ4v) is 6.97. The summed E-state index contributed by atoms with van der Waals surface area (Å²) in [7, 11) is 4.44. The summed E-state index contributed by atoms with van der Waals surface area (Å²) in [5.74, 6) is -0.418. The number of carbonyl (C=O) groups is 1. The van der Waals surface area contributed by atoms with Crippen molar-refractivity contribution in [2.45, 2.75) is 43.6 Å².